The predicted molar refractivity (Wildman–Crippen MR) is 150 cm³/mol. The summed E-state index contributed by atoms with van der Waals surface area (Å²) in [5.41, 5.74) is 7.30. The zero-order valence-electron chi connectivity index (χ0n) is 24.3. The number of carbonyl (C=O) groups is 4. The van der Waals surface area contributed by atoms with Crippen molar-refractivity contribution < 1.29 is 23.9 Å². The molecule has 1 aromatic rings. The zero-order valence-corrected chi connectivity index (χ0v) is 24.3. The molecule has 2 aliphatic carbocycles. The Labute approximate surface area is 232 Å². The summed E-state index contributed by atoms with van der Waals surface area (Å²) in [6.07, 6.45) is 5.03. The van der Waals surface area contributed by atoms with Crippen molar-refractivity contribution in [2.45, 2.75) is 123 Å². The van der Waals surface area contributed by atoms with Crippen molar-refractivity contribution in [2.24, 2.45) is 11.7 Å². The number of nitrogens with one attached hydrogen (secondary N) is 2. The van der Waals surface area contributed by atoms with Crippen LogP contribution >= 0.6 is 0 Å². The number of hydrogen-bond donors (Lipinski definition) is 3. The summed E-state index contributed by atoms with van der Waals surface area (Å²) in [6.45, 7) is 11.2. The van der Waals surface area contributed by atoms with Gasteiger partial charge in [0.15, 0.2) is 0 Å². The minimum absolute atomic E-state index is 0.00870. The SMILES string of the molecule is Cc1ccc(C)c(C(C(=O)NC2CCCCC2)N(C(=O)C(CCC(N)=O)NC(=O)OC(C)(C)C)C2CC2C)c1. The van der Waals surface area contributed by atoms with Crippen LogP contribution in [0.25, 0.3) is 0 Å². The first-order chi connectivity index (χ1) is 18.3. The van der Waals surface area contributed by atoms with Crippen molar-refractivity contribution >= 4 is 23.8 Å². The number of nitrogens with zero attached hydrogens (tertiary/aromatic N) is 1. The second-order valence-corrected chi connectivity index (χ2v) is 12.3. The number of primary amides is 1. The molecule has 0 saturated heterocycles. The smallest absolute Gasteiger partial charge is 0.408 e. The molecule has 1 aromatic carbocycles. The van der Waals surface area contributed by atoms with Gasteiger partial charge in [-0.25, -0.2) is 4.79 Å². The van der Waals surface area contributed by atoms with Gasteiger partial charge in [0.2, 0.25) is 17.7 Å². The minimum Gasteiger partial charge on any atom is -0.444 e. The predicted octanol–water partition coefficient (Wildman–Crippen LogP) is 4.19. The normalized spacial score (nSPS) is 20.9. The highest BCUT2D eigenvalue weighted by molar-refractivity contribution is 5.93. The first kappa shape index (κ1) is 30.4. The van der Waals surface area contributed by atoms with Crippen molar-refractivity contribution in [3.63, 3.8) is 0 Å². The molecule has 4 atom stereocenters. The number of ether oxygens (including phenoxy) is 1. The lowest BCUT2D eigenvalue weighted by atomic mass is 9.93. The molecule has 39 heavy (non-hydrogen) atoms. The molecule has 216 valence electrons. The maximum absolute atomic E-state index is 14.3. The summed E-state index contributed by atoms with van der Waals surface area (Å²) in [5.74, 6) is -1.01. The van der Waals surface area contributed by atoms with Gasteiger partial charge in [0.05, 0.1) is 0 Å². The lowest BCUT2D eigenvalue weighted by molar-refractivity contribution is -0.144. The zero-order chi connectivity index (χ0) is 28.9. The highest BCUT2D eigenvalue weighted by atomic mass is 16.6. The van der Waals surface area contributed by atoms with Gasteiger partial charge in [-0.1, -0.05) is 49.9 Å². The van der Waals surface area contributed by atoms with Crippen molar-refractivity contribution in [1.82, 2.24) is 15.5 Å². The van der Waals surface area contributed by atoms with Gasteiger partial charge in [0.25, 0.3) is 0 Å². The van der Waals surface area contributed by atoms with Gasteiger partial charge in [-0.2, -0.15) is 0 Å². The fourth-order valence-corrected chi connectivity index (χ4v) is 5.34. The minimum atomic E-state index is -1.07. The van der Waals surface area contributed by atoms with Crippen molar-refractivity contribution in [1.29, 1.82) is 0 Å². The monoisotopic (exact) mass is 542 g/mol. The van der Waals surface area contributed by atoms with E-state index in [0.29, 0.717) is 0 Å². The van der Waals surface area contributed by atoms with Gasteiger partial charge in [0, 0.05) is 18.5 Å². The molecular weight excluding hydrogens is 496 g/mol. The lowest BCUT2D eigenvalue weighted by Crippen LogP contribution is -2.55. The third kappa shape index (κ3) is 8.70. The van der Waals surface area contributed by atoms with Crippen LogP contribution in [0.5, 0.6) is 0 Å². The van der Waals surface area contributed by atoms with Gasteiger partial charge < -0.3 is 26.0 Å². The number of rotatable bonds is 10. The van der Waals surface area contributed by atoms with Gasteiger partial charge >= 0.3 is 6.09 Å². The summed E-state index contributed by atoms with van der Waals surface area (Å²) in [5, 5.41) is 5.91. The number of benzene rings is 1. The average Bonchev–Trinajstić information content (AvgIpc) is 3.56. The van der Waals surface area contributed by atoms with Gasteiger partial charge in [0.1, 0.15) is 17.7 Å². The molecule has 0 spiro atoms. The molecule has 2 fully saturated rings. The summed E-state index contributed by atoms with van der Waals surface area (Å²) < 4.78 is 5.41. The van der Waals surface area contributed by atoms with Crippen LogP contribution in [-0.4, -0.2) is 52.4 Å². The van der Waals surface area contributed by atoms with Crippen LogP contribution in [-0.2, 0) is 19.1 Å². The molecule has 9 nitrogen and oxygen atoms in total. The molecule has 2 aliphatic rings. The molecule has 2 saturated carbocycles. The Hall–Kier alpha value is -3.10. The molecular formula is C30H46N4O5. The van der Waals surface area contributed by atoms with Crippen molar-refractivity contribution in [2.75, 3.05) is 0 Å². The molecule has 4 amide bonds. The molecule has 0 heterocycles. The van der Waals surface area contributed by atoms with Crippen LogP contribution in [0.1, 0.15) is 102 Å². The Morgan fingerprint density at radius 1 is 1.10 bits per heavy atom. The topological polar surface area (TPSA) is 131 Å². The fraction of sp³-hybridized carbons (Fsp3) is 0.667. The van der Waals surface area contributed by atoms with Gasteiger partial charge in [-0.3, -0.25) is 14.4 Å². The van der Waals surface area contributed by atoms with E-state index in [0.717, 1.165) is 55.2 Å². The summed E-state index contributed by atoms with van der Waals surface area (Å²) in [4.78, 5) is 54.4. The van der Waals surface area contributed by atoms with E-state index in [1.165, 1.54) is 0 Å². The van der Waals surface area contributed by atoms with E-state index in [-0.39, 0.29) is 36.8 Å². The molecule has 3 rings (SSSR count). The molecule has 0 aliphatic heterocycles. The van der Waals surface area contributed by atoms with E-state index in [9.17, 15) is 19.2 Å². The number of hydrogen-bond acceptors (Lipinski definition) is 5. The Kier molecular flexibility index (Phi) is 10.0. The van der Waals surface area contributed by atoms with Crippen molar-refractivity contribution in [3.8, 4) is 0 Å². The second-order valence-electron chi connectivity index (χ2n) is 12.3. The van der Waals surface area contributed by atoms with E-state index in [1.54, 1.807) is 25.7 Å². The largest absolute Gasteiger partial charge is 0.444 e. The van der Waals surface area contributed by atoms with E-state index in [1.807, 2.05) is 39.0 Å². The van der Waals surface area contributed by atoms with E-state index in [2.05, 4.69) is 10.6 Å². The number of carbonyl (C=O) groups excluding carboxylic acids is 4. The van der Waals surface area contributed by atoms with Gasteiger partial charge in [-0.15, -0.1) is 0 Å². The quantitative estimate of drug-likeness (QED) is 0.408. The molecule has 0 aromatic heterocycles. The number of aryl methyl sites for hydroxylation is 2. The molecule has 4 N–H and O–H groups in total. The maximum atomic E-state index is 14.3. The number of amides is 4. The van der Waals surface area contributed by atoms with Crippen LogP contribution < -0.4 is 16.4 Å². The lowest BCUT2D eigenvalue weighted by Gasteiger charge is -2.37. The van der Waals surface area contributed by atoms with Crippen LogP contribution in [0.4, 0.5) is 4.79 Å². The maximum Gasteiger partial charge on any atom is 0.408 e. The van der Waals surface area contributed by atoms with Crippen LogP contribution in [0.15, 0.2) is 18.2 Å². The van der Waals surface area contributed by atoms with Crippen LogP contribution in [0, 0.1) is 19.8 Å². The standard InChI is InChI=1S/C30H46N4O5/c1-18-12-13-19(2)22(16-18)26(27(36)32-21-10-8-7-9-11-21)34(24-17-20(24)3)28(37)23(14-15-25(31)35)33-29(38)39-30(4,5)6/h12-13,16,20-21,23-24,26H,7-11,14-15,17H2,1-6H3,(H2,31,35)(H,32,36)(H,33,38). The third-order valence-electron chi connectivity index (χ3n) is 7.55. The van der Waals surface area contributed by atoms with E-state index < -0.39 is 35.6 Å². The summed E-state index contributed by atoms with van der Waals surface area (Å²) in [7, 11) is 0. The van der Waals surface area contributed by atoms with E-state index >= 15 is 0 Å². The third-order valence-corrected chi connectivity index (χ3v) is 7.55. The van der Waals surface area contributed by atoms with Crippen molar-refractivity contribution in [3.05, 3.63) is 34.9 Å². The first-order valence-electron chi connectivity index (χ1n) is 14.2. The van der Waals surface area contributed by atoms with Crippen LogP contribution in [0.3, 0.4) is 0 Å². The first-order valence-corrected chi connectivity index (χ1v) is 14.2. The molecule has 4 unspecified atom stereocenters. The average molecular weight is 543 g/mol. The molecule has 9 heteroatoms. The van der Waals surface area contributed by atoms with Gasteiger partial charge in [-0.05, 0) is 77.3 Å². The summed E-state index contributed by atoms with van der Waals surface area (Å²) in [6, 6.07) is 3.87. The molecule has 0 bridgehead atoms. The molecule has 0 radical (unpaired) electrons. The Morgan fingerprint density at radius 2 is 1.74 bits per heavy atom. The Balaban J connectivity index is 2.01. The fourth-order valence-electron chi connectivity index (χ4n) is 5.34. The Bertz CT molecular complexity index is 1060. The highest BCUT2D eigenvalue weighted by Crippen LogP contribution is 2.41. The Morgan fingerprint density at radius 3 is 2.31 bits per heavy atom. The van der Waals surface area contributed by atoms with E-state index in [4.69, 9.17) is 10.5 Å². The number of nitrogens with two attached hydrogens (primary N) is 1. The summed E-state index contributed by atoms with van der Waals surface area (Å²) >= 11 is 0. The highest BCUT2D eigenvalue weighted by Gasteiger charge is 2.48. The van der Waals surface area contributed by atoms with Crippen LogP contribution in [0.2, 0.25) is 0 Å². The number of alkyl carbamates (subject to hydrolysis) is 1. The second kappa shape index (κ2) is 12.8.